The number of nitrogens with one attached hydrogen (secondary N) is 1. The lowest BCUT2D eigenvalue weighted by atomic mass is 10.1. The normalized spacial score (nSPS) is 16.2. The van der Waals surface area contributed by atoms with E-state index in [0.717, 1.165) is 55.4 Å². The van der Waals surface area contributed by atoms with Gasteiger partial charge in [-0.15, -0.1) is 0 Å². The lowest BCUT2D eigenvalue weighted by Gasteiger charge is -2.26. The fraction of sp³-hybridized carbons (Fsp3) is 0.400. The summed E-state index contributed by atoms with van der Waals surface area (Å²) in [5.41, 5.74) is 2.13. The Morgan fingerprint density at radius 1 is 1.35 bits per heavy atom. The molecule has 1 fully saturated rings. The van der Waals surface area contributed by atoms with Crippen molar-refractivity contribution in [2.24, 2.45) is 0 Å². The van der Waals surface area contributed by atoms with E-state index in [4.69, 9.17) is 9.26 Å². The number of hydrogen-bond acceptors (Lipinski definition) is 5. The van der Waals surface area contributed by atoms with Crippen molar-refractivity contribution in [1.29, 1.82) is 0 Å². The first-order valence-corrected chi connectivity index (χ1v) is 6.88. The van der Waals surface area contributed by atoms with E-state index in [9.17, 15) is 0 Å². The molecule has 0 atom stereocenters. The number of benzene rings is 1. The Balaban J connectivity index is 1.81. The number of nitrogens with zero attached hydrogens (tertiary/aromatic N) is 2. The monoisotopic (exact) mass is 273 g/mol. The lowest BCUT2D eigenvalue weighted by Crippen LogP contribution is -2.42. The van der Waals surface area contributed by atoms with Gasteiger partial charge in [-0.05, 0) is 12.1 Å². The first kappa shape index (κ1) is 13.1. The van der Waals surface area contributed by atoms with Crippen molar-refractivity contribution in [2.45, 2.75) is 6.54 Å². The second-order valence-electron chi connectivity index (χ2n) is 4.94. The first-order chi connectivity index (χ1) is 9.86. The predicted molar refractivity (Wildman–Crippen MR) is 76.6 cm³/mol. The van der Waals surface area contributed by atoms with Gasteiger partial charge in [0.1, 0.15) is 5.75 Å². The van der Waals surface area contributed by atoms with Crippen LogP contribution in [0.25, 0.3) is 11.3 Å². The maximum Gasteiger partial charge on any atom is 0.171 e. The van der Waals surface area contributed by atoms with Gasteiger partial charge in [-0.25, -0.2) is 0 Å². The van der Waals surface area contributed by atoms with E-state index in [2.05, 4.69) is 15.4 Å². The fourth-order valence-corrected chi connectivity index (χ4v) is 2.49. The smallest absolute Gasteiger partial charge is 0.171 e. The third-order valence-electron chi connectivity index (χ3n) is 3.58. The van der Waals surface area contributed by atoms with E-state index in [1.165, 1.54) is 0 Å². The van der Waals surface area contributed by atoms with E-state index >= 15 is 0 Å². The van der Waals surface area contributed by atoms with Gasteiger partial charge in [0.25, 0.3) is 0 Å². The molecule has 106 valence electrons. The minimum Gasteiger partial charge on any atom is -0.497 e. The van der Waals surface area contributed by atoms with Crippen LogP contribution in [-0.2, 0) is 6.54 Å². The molecule has 1 aliphatic rings. The second-order valence-corrected chi connectivity index (χ2v) is 4.94. The molecule has 0 amide bonds. The van der Waals surface area contributed by atoms with Crippen LogP contribution < -0.4 is 10.1 Å². The molecule has 0 radical (unpaired) electrons. The molecule has 0 bridgehead atoms. The van der Waals surface area contributed by atoms with E-state index in [-0.39, 0.29) is 0 Å². The number of methoxy groups -OCH3 is 1. The first-order valence-electron chi connectivity index (χ1n) is 6.88. The second kappa shape index (κ2) is 6.07. The summed E-state index contributed by atoms with van der Waals surface area (Å²) in [5, 5.41) is 7.32. The van der Waals surface area contributed by atoms with Crippen molar-refractivity contribution in [1.82, 2.24) is 15.4 Å². The van der Waals surface area contributed by atoms with Crippen LogP contribution in [0, 0.1) is 0 Å². The zero-order chi connectivity index (χ0) is 13.8. The highest BCUT2D eigenvalue weighted by Gasteiger charge is 2.16. The number of hydrogen-bond donors (Lipinski definition) is 1. The molecular formula is C15H19N3O2. The molecule has 0 saturated carbocycles. The van der Waals surface area contributed by atoms with Gasteiger partial charge in [0.2, 0.25) is 0 Å². The van der Waals surface area contributed by atoms with Crippen LogP contribution in [0.5, 0.6) is 5.75 Å². The van der Waals surface area contributed by atoms with Gasteiger partial charge in [-0.2, -0.15) is 0 Å². The van der Waals surface area contributed by atoms with Gasteiger partial charge < -0.3 is 14.6 Å². The Morgan fingerprint density at radius 3 is 3.00 bits per heavy atom. The minimum atomic E-state index is 0.826. The molecule has 0 spiro atoms. The Hall–Kier alpha value is -1.85. The number of rotatable bonds is 4. The predicted octanol–water partition coefficient (Wildman–Crippen LogP) is 1.76. The van der Waals surface area contributed by atoms with Crippen molar-refractivity contribution < 1.29 is 9.26 Å². The van der Waals surface area contributed by atoms with Crippen LogP contribution >= 0.6 is 0 Å². The van der Waals surface area contributed by atoms with Crippen LogP contribution in [0.4, 0.5) is 0 Å². The summed E-state index contributed by atoms with van der Waals surface area (Å²) in [4.78, 5) is 2.41. The van der Waals surface area contributed by atoms with Gasteiger partial charge in [0.05, 0.1) is 13.3 Å². The zero-order valence-electron chi connectivity index (χ0n) is 11.6. The summed E-state index contributed by atoms with van der Waals surface area (Å²) >= 11 is 0. The highest BCUT2D eigenvalue weighted by Crippen LogP contribution is 2.27. The Kier molecular flexibility index (Phi) is 3.99. The molecule has 1 N–H and O–H groups in total. The van der Waals surface area contributed by atoms with Gasteiger partial charge in [0, 0.05) is 43.9 Å². The summed E-state index contributed by atoms with van der Waals surface area (Å²) in [6.45, 7) is 5.07. The molecule has 5 nitrogen and oxygen atoms in total. The van der Waals surface area contributed by atoms with Crippen LogP contribution in [0.1, 0.15) is 5.56 Å². The molecule has 5 heteroatoms. The lowest BCUT2D eigenvalue weighted by molar-refractivity contribution is 0.233. The Labute approximate surface area is 118 Å². The molecule has 20 heavy (non-hydrogen) atoms. The van der Waals surface area contributed by atoms with Gasteiger partial charge in [-0.1, -0.05) is 17.3 Å². The maximum atomic E-state index is 5.44. The average molecular weight is 273 g/mol. The van der Waals surface area contributed by atoms with Crippen LogP contribution in [0.3, 0.4) is 0 Å². The van der Waals surface area contributed by atoms with Crippen molar-refractivity contribution in [2.75, 3.05) is 33.3 Å². The molecule has 2 aromatic rings. The molecule has 1 aromatic carbocycles. The number of aromatic nitrogens is 1. The summed E-state index contributed by atoms with van der Waals surface area (Å²) in [7, 11) is 1.67. The summed E-state index contributed by atoms with van der Waals surface area (Å²) in [6.07, 6.45) is 1.82. The summed E-state index contributed by atoms with van der Waals surface area (Å²) < 4.78 is 10.7. The van der Waals surface area contributed by atoms with Gasteiger partial charge in [-0.3, -0.25) is 4.90 Å². The standard InChI is InChI=1S/C15H19N3O2/c1-19-14-4-2-3-12(9-14)15-13(10-17-20-15)11-18-7-5-16-6-8-18/h2-4,9-10,16H,5-8,11H2,1H3. The van der Waals surface area contributed by atoms with Crippen molar-refractivity contribution >= 4 is 0 Å². The zero-order valence-corrected chi connectivity index (χ0v) is 11.6. The summed E-state index contributed by atoms with van der Waals surface area (Å²) in [6, 6.07) is 7.88. The van der Waals surface area contributed by atoms with Crippen molar-refractivity contribution in [3.63, 3.8) is 0 Å². The molecule has 2 heterocycles. The molecule has 1 saturated heterocycles. The maximum absolute atomic E-state index is 5.44. The third kappa shape index (κ3) is 2.84. The SMILES string of the molecule is COc1cccc(-c2oncc2CN2CCNCC2)c1. The Bertz CT molecular complexity index is 562. The topological polar surface area (TPSA) is 50.5 Å². The largest absolute Gasteiger partial charge is 0.497 e. The third-order valence-corrected chi connectivity index (χ3v) is 3.58. The molecule has 3 rings (SSSR count). The highest BCUT2D eigenvalue weighted by atomic mass is 16.5. The van der Waals surface area contributed by atoms with Crippen molar-refractivity contribution in [3.8, 4) is 17.1 Å². The van der Waals surface area contributed by atoms with Gasteiger partial charge >= 0.3 is 0 Å². The van der Waals surface area contributed by atoms with Crippen molar-refractivity contribution in [3.05, 3.63) is 36.0 Å². The van der Waals surface area contributed by atoms with Crippen LogP contribution in [-0.4, -0.2) is 43.3 Å². The number of ether oxygens (including phenoxy) is 1. The van der Waals surface area contributed by atoms with E-state index in [0.29, 0.717) is 0 Å². The molecule has 0 unspecified atom stereocenters. The minimum absolute atomic E-state index is 0.826. The fourth-order valence-electron chi connectivity index (χ4n) is 2.49. The summed E-state index contributed by atoms with van der Waals surface area (Å²) in [5.74, 6) is 1.66. The Morgan fingerprint density at radius 2 is 2.20 bits per heavy atom. The van der Waals surface area contributed by atoms with Crippen LogP contribution in [0.15, 0.2) is 35.0 Å². The van der Waals surface area contributed by atoms with E-state index < -0.39 is 0 Å². The molecular weight excluding hydrogens is 254 g/mol. The molecule has 1 aliphatic heterocycles. The molecule has 1 aromatic heterocycles. The quantitative estimate of drug-likeness (QED) is 0.920. The number of piperazine rings is 1. The van der Waals surface area contributed by atoms with E-state index in [1.54, 1.807) is 7.11 Å². The van der Waals surface area contributed by atoms with E-state index in [1.807, 2.05) is 30.5 Å². The van der Waals surface area contributed by atoms with Gasteiger partial charge in [0.15, 0.2) is 5.76 Å². The van der Waals surface area contributed by atoms with Crippen LogP contribution in [0.2, 0.25) is 0 Å². The molecule has 0 aliphatic carbocycles. The average Bonchev–Trinajstić information content (AvgIpc) is 2.96. The highest BCUT2D eigenvalue weighted by molar-refractivity contribution is 5.62.